The van der Waals surface area contributed by atoms with Crippen molar-refractivity contribution in [2.24, 2.45) is 11.8 Å². The maximum atomic E-state index is 12.8. The first-order valence-electron chi connectivity index (χ1n) is 7.19. The fourth-order valence-corrected chi connectivity index (χ4v) is 2.87. The summed E-state index contributed by atoms with van der Waals surface area (Å²) >= 11 is 0. The Bertz CT molecular complexity index is 437. The third kappa shape index (κ3) is 3.63. The fraction of sp³-hybridized carbons (Fsp3) is 0.846. The lowest BCUT2D eigenvalue weighted by Crippen LogP contribution is -2.51. The third-order valence-corrected chi connectivity index (χ3v) is 4.17. The van der Waals surface area contributed by atoms with Crippen molar-refractivity contribution < 1.29 is 32.6 Å². The molecule has 2 fully saturated rings. The molecule has 1 heterocycles. The van der Waals surface area contributed by atoms with Gasteiger partial charge in [0.15, 0.2) is 0 Å². The van der Waals surface area contributed by atoms with Crippen LogP contribution in [0.4, 0.5) is 18.0 Å². The molecule has 0 radical (unpaired) electrons. The van der Waals surface area contributed by atoms with Crippen molar-refractivity contribution >= 4 is 12.0 Å². The molecule has 2 aliphatic rings. The number of carboxylic acid groups (broad SMARTS) is 1. The molecule has 9 heteroatoms. The maximum absolute atomic E-state index is 12.8. The van der Waals surface area contributed by atoms with Crippen molar-refractivity contribution in [2.45, 2.75) is 38.1 Å². The first kappa shape index (κ1) is 16.9. The number of nitrogens with one attached hydrogen (secondary N) is 1. The van der Waals surface area contributed by atoms with Crippen molar-refractivity contribution in [1.82, 2.24) is 10.2 Å². The number of rotatable bonds is 4. The van der Waals surface area contributed by atoms with E-state index in [0.29, 0.717) is 19.4 Å². The van der Waals surface area contributed by atoms with Gasteiger partial charge in [0.1, 0.15) is 0 Å². The Hall–Kier alpha value is -1.51. The predicted octanol–water partition coefficient (Wildman–Crippen LogP) is 1.46. The van der Waals surface area contributed by atoms with Crippen molar-refractivity contribution in [1.29, 1.82) is 0 Å². The summed E-state index contributed by atoms with van der Waals surface area (Å²) in [5, 5.41) is 11.5. The SMILES string of the molecule is CCOC1CC(NC(=O)N2C[C@@H](C(F)(F)F)[C@H](C(=O)O)C2)C1. The summed E-state index contributed by atoms with van der Waals surface area (Å²) in [5.41, 5.74) is 0. The lowest BCUT2D eigenvalue weighted by atomic mass is 9.89. The number of carbonyl (C=O) groups is 2. The number of nitrogens with zero attached hydrogens (tertiary/aromatic N) is 1. The molecule has 126 valence electrons. The molecule has 1 aliphatic heterocycles. The number of halogens is 3. The van der Waals surface area contributed by atoms with Gasteiger partial charge in [0, 0.05) is 25.7 Å². The number of ether oxygens (including phenoxy) is 1. The monoisotopic (exact) mass is 324 g/mol. The summed E-state index contributed by atoms with van der Waals surface area (Å²) < 4.78 is 43.9. The lowest BCUT2D eigenvalue weighted by molar-refractivity contribution is -0.187. The summed E-state index contributed by atoms with van der Waals surface area (Å²) in [5.74, 6) is -5.16. The zero-order valence-electron chi connectivity index (χ0n) is 12.1. The van der Waals surface area contributed by atoms with E-state index in [-0.39, 0.29) is 12.1 Å². The molecule has 1 saturated heterocycles. The highest BCUT2D eigenvalue weighted by atomic mass is 19.4. The minimum Gasteiger partial charge on any atom is -0.481 e. The van der Waals surface area contributed by atoms with Crippen LogP contribution in [0, 0.1) is 11.8 Å². The Labute approximate surface area is 125 Å². The summed E-state index contributed by atoms with van der Waals surface area (Å²) in [6, 6.07) is -0.768. The Morgan fingerprint density at radius 1 is 1.32 bits per heavy atom. The summed E-state index contributed by atoms with van der Waals surface area (Å²) in [7, 11) is 0. The number of hydrogen-bond acceptors (Lipinski definition) is 3. The number of hydrogen-bond donors (Lipinski definition) is 2. The molecule has 0 spiro atoms. The Morgan fingerprint density at radius 2 is 1.95 bits per heavy atom. The van der Waals surface area contributed by atoms with Gasteiger partial charge in [-0.3, -0.25) is 4.79 Å². The molecular weight excluding hydrogens is 305 g/mol. The van der Waals surface area contributed by atoms with E-state index >= 15 is 0 Å². The average molecular weight is 324 g/mol. The van der Waals surface area contributed by atoms with Crippen LogP contribution in [0.25, 0.3) is 0 Å². The van der Waals surface area contributed by atoms with Crippen LogP contribution >= 0.6 is 0 Å². The van der Waals surface area contributed by atoms with Crippen LogP contribution in [0.1, 0.15) is 19.8 Å². The quantitative estimate of drug-likeness (QED) is 0.820. The summed E-state index contributed by atoms with van der Waals surface area (Å²) in [6.45, 7) is 1.39. The molecule has 0 unspecified atom stereocenters. The van der Waals surface area contributed by atoms with E-state index in [1.165, 1.54) is 0 Å². The van der Waals surface area contributed by atoms with E-state index in [4.69, 9.17) is 9.84 Å². The van der Waals surface area contributed by atoms with Crippen LogP contribution in [-0.4, -0.2) is 60.0 Å². The maximum Gasteiger partial charge on any atom is 0.394 e. The second-order valence-corrected chi connectivity index (χ2v) is 5.69. The molecule has 2 amide bonds. The van der Waals surface area contributed by atoms with E-state index in [0.717, 1.165) is 4.90 Å². The number of likely N-dealkylation sites (tertiary alicyclic amines) is 1. The number of amides is 2. The standard InChI is InChI=1S/C13H19F3N2O4/c1-2-22-8-3-7(4-8)17-12(21)18-5-9(11(19)20)10(6-18)13(14,15)16/h7-10H,2-6H2,1H3,(H,17,21)(H,19,20)/t7?,8?,9-,10-/m1/s1. The third-order valence-electron chi connectivity index (χ3n) is 4.17. The Morgan fingerprint density at radius 3 is 2.41 bits per heavy atom. The van der Waals surface area contributed by atoms with Gasteiger partial charge in [-0.15, -0.1) is 0 Å². The second kappa shape index (κ2) is 6.31. The smallest absolute Gasteiger partial charge is 0.394 e. The molecule has 0 bridgehead atoms. The van der Waals surface area contributed by atoms with Crippen LogP contribution in [0.3, 0.4) is 0 Å². The van der Waals surface area contributed by atoms with Crippen LogP contribution in [0.2, 0.25) is 0 Å². The molecule has 0 aromatic heterocycles. The predicted molar refractivity (Wildman–Crippen MR) is 69.2 cm³/mol. The van der Waals surface area contributed by atoms with Gasteiger partial charge in [-0.05, 0) is 19.8 Å². The van der Waals surface area contributed by atoms with Crippen molar-refractivity contribution in [3.8, 4) is 0 Å². The van der Waals surface area contributed by atoms with Crippen LogP contribution in [0.5, 0.6) is 0 Å². The number of aliphatic carboxylic acids is 1. The highest BCUT2D eigenvalue weighted by Crippen LogP contribution is 2.37. The molecule has 2 N–H and O–H groups in total. The number of carbonyl (C=O) groups excluding carboxylic acids is 1. The molecular formula is C13H19F3N2O4. The van der Waals surface area contributed by atoms with Gasteiger partial charge in [-0.2, -0.15) is 13.2 Å². The Balaban J connectivity index is 1.88. The normalized spacial score (nSPS) is 31.7. The van der Waals surface area contributed by atoms with E-state index in [2.05, 4.69) is 5.32 Å². The zero-order chi connectivity index (χ0) is 16.5. The number of urea groups is 1. The van der Waals surface area contributed by atoms with Gasteiger partial charge in [0.05, 0.1) is 17.9 Å². The molecule has 0 aromatic rings. The van der Waals surface area contributed by atoms with Gasteiger partial charge < -0.3 is 20.1 Å². The molecule has 22 heavy (non-hydrogen) atoms. The first-order chi connectivity index (χ1) is 10.2. The molecule has 0 aromatic carbocycles. The highest BCUT2D eigenvalue weighted by molar-refractivity contribution is 5.78. The van der Waals surface area contributed by atoms with Crippen LogP contribution in [-0.2, 0) is 9.53 Å². The second-order valence-electron chi connectivity index (χ2n) is 5.69. The van der Waals surface area contributed by atoms with E-state index in [1.807, 2.05) is 6.92 Å². The summed E-state index contributed by atoms with van der Waals surface area (Å²) in [6.07, 6.45) is -3.31. The minimum absolute atomic E-state index is 0.0727. The van der Waals surface area contributed by atoms with Crippen LogP contribution < -0.4 is 5.32 Å². The molecule has 6 nitrogen and oxygen atoms in total. The van der Waals surface area contributed by atoms with Gasteiger partial charge in [0.25, 0.3) is 0 Å². The van der Waals surface area contributed by atoms with Crippen molar-refractivity contribution in [3.05, 3.63) is 0 Å². The van der Waals surface area contributed by atoms with Gasteiger partial charge in [-0.25, -0.2) is 4.79 Å². The zero-order valence-corrected chi connectivity index (χ0v) is 12.1. The molecule has 1 aliphatic carbocycles. The van der Waals surface area contributed by atoms with E-state index in [1.54, 1.807) is 0 Å². The van der Waals surface area contributed by atoms with Crippen LogP contribution in [0.15, 0.2) is 0 Å². The molecule has 2 rings (SSSR count). The largest absolute Gasteiger partial charge is 0.481 e. The number of carboxylic acids is 1. The van der Waals surface area contributed by atoms with Gasteiger partial charge >= 0.3 is 18.2 Å². The van der Waals surface area contributed by atoms with E-state index < -0.39 is 43.1 Å². The molecule has 2 atom stereocenters. The average Bonchev–Trinajstić information content (AvgIpc) is 2.81. The van der Waals surface area contributed by atoms with Gasteiger partial charge in [-0.1, -0.05) is 0 Å². The minimum atomic E-state index is -4.63. The van der Waals surface area contributed by atoms with Gasteiger partial charge in [0.2, 0.25) is 0 Å². The summed E-state index contributed by atoms with van der Waals surface area (Å²) in [4.78, 5) is 23.9. The topological polar surface area (TPSA) is 78.9 Å². The first-order valence-corrected chi connectivity index (χ1v) is 7.19. The van der Waals surface area contributed by atoms with Crippen molar-refractivity contribution in [3.63, 3.8) is 0 Å². The highest BCUT2D eigenvalue weighted by Gasteiger charge is 2.53. The fourth-order valence-electron chi connectivity index (χ4n) is 2.87. The number of alkyl halides is 3. The Kier molecular flexibility index (Phi) is 4.84. The van der Waals surface area contributed by atoms with E-state index in [9.17, 15) is 22.8 Å². The molecule has 1 saturated carbocycles. The lowest BCUT2D eigenvalue weighted by Gasteiger charge is -2.36. The van der Waals surface area contributed by atoms with Crippen molar-refractivity contribution in [2.75, 3.05) is 19.7 Å².